The first kappa shape index (κ1) is 19.8. The highest BCUT2D eigenvalue weighted by Gasteiger charge is 2.21. The first-order chi connectivity index (χ1) is 14.6. The van der Waals surface area contributed by atoms with Crippen LogP contribution in [0.4, 0.5) is 0 Å². The van der Waals surface area contributed by atoms with Crippen LogP contribution >= 0.6 is 0 Å². The third kappa shape index (κ3) is 3.83. The largest absolute Gasteiger partial charge is 0.465 e. The maximum atomic E-state index is 12.9. The molecule has 3 aromatic rings. The number of nitrogens with zero attached hydrogens (tertiary/aromatic N) is 2. The van der Waals surface area contributed by atoms with Gasteiger partial charge in [-0.25, -0.2) is 9.48 Å². The predicted octanol–water partition coefficient (Wildman–Crippen LogP) is 3.23. The van der Waals surface area contributed by atoms with Crippen molar-refractivity contribution >= 4 is 22.6 Å². The molecule has 0 atom stereocenters. The molecule has 1 amide bonds. The minimum absolute atomic E-state index is 0.0778. The number of rotatable bonds is 5. The number of nitrogens with one attached hydrogen (secondary N) is 1. The Labute approximate surface area is 173 Å². The molecule has 0 spiro atoms. The van der Waals surface area contributed by atoms with Crippen molar-refractivity contribution in [3.8, 4) is 0 Å². The van der Waals surface area contributed by atoms with Gasteiger partial charge in [0.1, 0.15) is 0 Å². The van der Waals surface area contributed by atoms with Gasteiger partial charge in [-0.15, -0.1) is 0 Å². The lowest BCUT2D eigenvalue weighted by Gasteiger charge is -2.16. The molecule has 30 heavy (non-hydrogen) atoms. The van der Waals surface area contributed by atoms with Crippen LogP contribution in [-0.2, 0) is 11.3 Å². The van der Waals surface area contributed by atoms with Crippen LogP contribution < -0.4 is 10.9 Å². The topological polar surface area (TPSA) is 90.3 Å². The summed E-state index contributed by atoms with van der Waals surface area (Å²) in [7, 11) is 1.31. The molecule has 1 fully saturated rings. The van der Waals surface area contributed by atoms with Crippen LogP contribution in [0.25, 0.3) is 10.8 Å². The van der Waals surface area contributed by atoms with Crippen molar-refractivity contribution in [3.63, 3.8) is 0 Å². The molecule has 0 bridgehead atoms. The monoisotopic (exact) mass is 405 g/mol. The molecule has 1 aliphatic rings. The second-order valence-electron chi connectivity index (χ2n) is 7.43. The van der Waals surface area contributed by atoms with E-state index < -0.39 is 5.97 Å². The molecule has 7 heteroatoms. The lowest BCUT2D eigenvalue weighted by Crippen LogP contribution is -2.30. The van der Waals surface area contributed by atoms with E-state index in [9.17, 15) is 14.4 Å². The highest BCUT2D eigenvalue weighted by atomic mass is 16.5. The smallest absolute Gasteiger partial charge is 0.337 e. The molecule has 0 radical (unpaired) electrons. The Morgan fingerprint density at radius 2 is 1.67 bits per heavy atom. The molecule has 0 aliphatic heterocycles. The molecule has 0 saturated heterocycles. The van der Waals surface area contributed by atoms with Gasteiger partial charge in [-0.05, 0) is 43.2 Å². The van der Waals surface area contributed by atoms with Crippen LogP contribution in [0, 0.1) is 0 Å². The molecule has 1 aromatic heterocycles. The number of amides is 1. The number of carbonyl (C=O) groups is 2. The van der Waals surface area contributed by atoms with E-state index in [1.165, 1.54) is 7.11 Å². The first-order valence-corrected chi connectivity index (χ1v) is 10.1. The van der Waals surface area contributed by atoms with Crippen molar-refractivity contribution < 1.29 is 14.3 Å². The fourth-order valence-corrected chi connectivity index (χ4v) is 3.94. The summed E-state index contributed by atoms with van der Waals surface area (Å²) in [4.78, 5) is 37.0. The van der Waals surface area contributed by atoms with E-state index in [1.54, 1.807) is 28.9 Å². The zero-order valence-electron chi connectivity index (χ0n) is 16.8. The first-order valence-electron chi connectivity index (χ1n) is 10.1. The van der Waals surface area contributed by atoms with Gasteiger partial charge in [-0.3, -0.25) is 9.59 Å². The molecule has 154 valence electrons. The van der Waals surface area contributed by atoms with Crippen LogP contribution in [-0.4, -0.2) is 28.8 Å². The van der Waals surface area contributed by atoms with Crippen molar-refractivity contribution in [2.24, 2.45) is 0 Å². The predicted molar refractivity (Wildman–Crippen MR) is 112 cm³/mol. The summed E-state index contributed by atoms with van der Waals surface area (Å²) < 4.78 is 6.27. The fourth-order valence-electron chi connectivity index (χ4n) is 3.94. The lowest BCUT2D eigenvalue weighted by molar-refractivity contribution is 0.0600. The molecule has 7 nitrogen and oxygen atoms in total. The van der Waals surface area contributed by atoms with Gasteiger partial charge in [0.15, 0.2) is 0 Å². The van der Waals surface area contributed by atoms with Gasteiger partial charge in [-0.2, -0.15) is 5.10 Å². The average Bonchev–Trinajstić information content (AvgIpc) is 3.33. The molecule has 1 N–H and O–H groups in total. The molecule has 1 heterocycles. The third-order valence-electron chi connectivity index (χ3n) is 5.56. The zero-order valence-corrected chi connectivity index (χ0v) is 16.8. The number of carbonyl (C=O) groups excluding carboxylic acids is 2. The van der Waals surface area contributed by atoms with Gasteiger partial charge in [0, 0.05) is 10.9 Å². The van der Waals surface area contributed by atoms with Crippen molar-refractivity contribution in [1.82, 2.24) is 15.1 Å². The normalized spacial score (nSPS) is 14.0. The number of fused-ring (bicyclic) bond motifs is 1. The molecule has 1 saturated carbocycles. The van der Waals surface area contributed by atoms with Crippen molar-refractivity contribution in [3.05, 3.63) is 75.7 Å². The molecule has 4 rings (SSSR count). The minimum Gasteiger partial charge on any atom is -0.465 e. The maximum Gasteiger partial charge on any atom is 0.337 e. The van der Waals surface area contributed by atoms with Gasteiger partial charge < -0.3 is 10.1 Å². The quantitative estimate of drug-likeness (QED) is 0.658. The van der Waals surface area contributed by atoms with Gasteiger partial charge in [0.05, 0.1) is 36.3 Å². The van der Waals surface area contributed by atoms with Crippen LogP contribution in [0.5, 0.6) is 0 Å². The highest BCUT2D eigenvalue weighted by Crippen LogP contribution is 2.28. The molecular formula is C23H23N3O4. The summed E-state index contributed by atoms with van der Waals surface area (Å²) in [5.41, 5.74) is 1.39. The van der Waals surface area contributed by atoms with E-state index >= 15 is 0 Å². The van der Waals surface area contributed by atoms with E-state index in [2.05, 4.69) is 15.2 Å². The average molecular weight is 405 g/mol. The number of esters is 1. The standard InChI is InChI=1S/C23H23N3O4/c1-30-23(29)16-12-10-15(11-13-16)21(27)24-14-20-18-8-4-5-9-19(18)22(28)26(25-20)17-6-2-3-7-17/h4-5,8-13,17H,2-3,6-7,14H2,1H3,(H,24,27). The number of ether oxygens (including phenoxy) is 1. The Hall–Kier alpha value is -3.48. The number of benzene rings is 2. The number of hydrogen-bond donors (Lipinski definition) is 1. The third-order valence-corrected chi connectivity index (χ3v) is 5.56. The van der Waals surface area contributed by atoms with Crippen LogP contribution in [0.15, 0.2) is 53.3 Å². The summed E-state index contributed by atoms with van der Waals surface area (Å²) in [6, 6.07) is 13.7. The summed E-state index contributed by atoms with van der Waals surface area (Å²) in [6.07, 6.45) is 4.09. The number of hydrogen-bond acceptors (Lipinski definition) is 5. The van der Waals surface area contributed by atoms with Gasteiger partial charge in [0.25, 0.3) is 11.5 Å². The lowest BCUT2D eigenvalue weighted by atomic mass is 10.1. The van der Waals surface area contributed by atoms with E-state index in [4.69, 9.17) is 0 Å². The fraction of sp³-hybridized carbons (Fsp3) is 0.304. The molecule has 1 aliphatic carbocycles. The van der Waals surface area contributed by atoms with Gasteiger partial charge >= 0.3 is 5.97 Å². The molecule has 0 unspecified atom stereocenters. The Bertz CT molecular complexity index is 1150. The maximum absolute atomic E-state index is 12.9. The van der Waals surface area contributed by atoms with E-state index in [0.717, 1.165) is 31.1 Å². The molecule has 2 aromatic carbocycles. The minimum atomic E-state index is -0.452. The van der Waals surface area contributed by atoms with Crippen molar-refractivity contribution in [1.29, 1.82) is 0 Å². The van der Waals surface area contributed by atoms with Crippen LogP contribution in [0.2, 0.25) is 0 Å². The Balaban J connectivity index is 1.59. The SMILES string of the molecule is COC(=O)c1ccc(C(=O)NCc2nn(C3CCCC3)c(=O)c3ccccc23)cc1. The summed E-state index contributed by atoms with van der Waals surface area (Å²) in [5.74, 6) is -0.734. The summed E-state index contributed by atoms with van der Waals surface area (Å²) >= 11 is 0. The van der Waals surface area contributed by atoms with Crippen molar-refractivity contribution in [2.75, 3.05) is 7.11 Å². The Morgan fingerprint density at radius 1 is 1.03 bits per heavy atom. The van der Waals surface area contributed by atoms with Crippen LogP contribution in [0.1, 0.15) is 58.1 Å². The van der Waals surface area contributed by atoms with E-state index in [1.807, 2.05) is 24.3 Å². The van der Waals surface area contributed by atoms with Crippen molar-refractivity contribution in [2.45, 2.75) is 38.3 Å². The Morgan fingerprint density at radius 3 is 2.33 bits per heavy atom. The highest BCUT2D eigenvalue weighted by molar-refractivity contribution is 5.96. The van der Waals surface area contributed by atoms with Crippen LogP contribution in [0.3, 0.4) is 0 Å². The summed E-state index contributed by atoms with van der Waals surface area (Å²) in [6.45, 7) is 0.200. The zero-order chi connectivity index (χ0) is 21.1. The van der Waals surface area contributed by atoms with Gasteiger partial charge in [0.2, 0.25) is 0 Å². The van der Waals surface area contributed by atoms with E-state index in [-0.39, 0.29) is 24.1 Å². The second-order valence-corrected chi connectivity index (χ2v) is 7.43. The second kappa shape index (κ2) is 8.49. The van der Waals surface area contributed by atoms with Gasteiger partial charge in [-0.1, -0.05) is 31.0 Å². The molecular weight excluding hydrogens is 382 g/mol. The number of aromatic nitrogens is 2. The number of methoxy groups -OCH3 is 1. The summed E-state index contributed by atoms with van der Waals surface area (Å²) in [5, 5.41) is 8.86. The Kier molecular flexibility index (Phi) is 5.61. The van der Waals surface area contributed by atoms with E-state index in [0.29, 0.717) is 22.2 Å².